The molecule has 0 aliphatic heterocycles. The first-order chi connectivity index (χ1) is 9.56. The van der Waals surface area contributed by atoms with Crippen LogP contribution in [0.5, 0.6) is 0 Å². The molecule has 0 saturated carbocycles. The molecule has 1 N–H and O–H groups in total. The maximum absolute atomic E-state index is 10.9. The van der Waals surface area contributed by atoms with Gasteiger partial charge in [-0.05, 0) is 87.1 Å². The topological polar surface area (TPSA) is 46.5 Å². The number of carbonyl (C=O) groups excluding carboxylic acids is 1. The molecule has 106 valence electrons. The standard InChI is InChI=1S/C8H7IO2.C7H7IO/c1-11-8(10)6-2-4-7(9)5-3-6;8-7-3-1-6(5-9)2-4-7/h2-5H,1H3;1-4,9H,5H2. The van der Waals surface area contributed by atoms with Crippen molar-refractivity contribution in [3.63, 3.8) is 0 Å². The predicted octanol–water partition coefficient (Wildman–Crippen LogP) is 3.86. The summed E-state index contributed by atoms with van der Waals surface area (Å²) in [7, 11) is 1.38. The van der Waals surface area contributed by atoms with Crippen LogP contribution in [0, 0.1) is 7.14 Å². The largest absolute Gasteiger partial charge is 0.465 e. The Morgan fingerprint density at radius 1 is 1.00 bits per heavy atom. The van der Waals surface area contributed by atoms with Gasteiger partial charge in [0.05, 0.1) is 19.3 Å². The van der Waals surface area contributed by atoms with Crippen LogP contribution >= 0.6 is 45.2 Å². The summed E-state index contributed by atoms with van der Waals surface area (Å²) in [5.41, 5.74) is 1.56. The molecule has 0 amide bonds. The molecule has 0 atom stereocenters. The smallest absolute Gasteiger partial charge is 0.337 e. The Morgan fingerprint density at radius 3 is 1.85 bits per heavy atom. The van der Waals surface area contributed by atoms with Crippen molar-refractivity contribution in [2.24, 2.45) is 0 Å². The van der Waals surface area contributed by atoms with E-state index in [1.165, 1.54) is 10.7 Å². The van der Waals surface area contributed by atoms with Crippen molar-refractivity contribution in [2.45, 2.75) is 6.61 Å². The van der Waals surface area contributed by atoms with Crippen LogP contribution < -0.4 is 0 Å². The summed E-state index contributed by atoms with van der Waals surface area (Å²) in [6.45, 7) is 0.136. The van der Waals surface area contributed by atoms with Gasteiger partial charge < -0.3 is 9.84 Å². The number of halogens is 2. The van der Waals surface area contributed by atoms with Crippen molar-refractivity contribution in [2.75, 3.05) is 7.11 Å². The van der Waals surface area contributed by atoms with E-state index in [0.717, 1.165) is 9.13 Å². The van der Waals surface area contributed by atoms with Crippen molar-refractivity contribution in [1.29, 1.82) is 0 Å². The van der Waals surface area contributed by atoms with E-state index in [9.17, 15) is 4.79 Å². The van der Waals surface area contributed by atoms with Crippen molar-refractivity contribution in [3.8, 4) is 0 Å². The maximum Gasteiger partial charge on any atom is 0.337 e. The van der Waals surface area contributed by atoms with Crippen molar-refractivity contribution in [1.82, 2.24) is 0 Å². The molecule has 5 heteroatoms. The Morgan fingerprint density at radius 2 is 1.45 bits per heavy atom. The Bertz CT molecular complexity index is 536. The van der Waals surface area contributed by atoms with Crippen LogP contribution in [0.15, 0.2) is 48.5 Å². The average molecular weight is 496 g/mol. The van der Waals surface area contributed by atoms with Gasteiger partial charge >= 0.3 is 5.97 Å². The summed E-state index contributed by atoms with van der Waals surface area (Å²) in [5, 5.41) is 8.63. The minimum absolute atomic E-state index is 0.136. The third-order valence-electron chi connectivity index (χ3n) is 2.36. The monoisotopic (exact) mass is 496 g/mol. The lowest BCUT2D eigenvalue weighted by Gasteiger charge is -1.97. The number of benzene rings is 2. The first-order valence-corrected chi connectivity index (χ1v) is 7.91. The molecule has 2 aromatic carbocycles. The van der Waals surface area contributed by atoms with E-state index >= 15 is 0 Å². The van der Waals surface area contributed by atoms with Crippen LogP contribution in [-0.2, 0) is 11.3 Å². The Balaban J connectivity index is 0.000000204. The highest BCUT2D eigenvalue weighted by atomic mass is 127. The minimum atomic E-state index is -0.290. The molecular weight excluding hydrogens is 482 g/mol. The molecule has 0 radical (unpaired) electrons. The number of hydrogen-bond donors (Lipinski definition) is 1. The lowest BCUT2D eigenvalue weighted by molar-refractivity contribution is 0.0600. The van der Waals surface area contributed by atoms with Gasteiger partial charge in [0.15, 0.2) is 0 Å². The summed E-state index contributed by atoms with van der Waals surface area (Å²) in [5.74, 6) is -0.290. The van der Waals surface area contributed by atoms with Crippen LogP contribution in [0.25, 0.3) is 0 Å². The number of methoxy groups -OCH3 is 1. The van der Waals surface area contributed by atoms with E-state index in [0.29, 0.717) is 5.56 Å². The second-order valence-electron chi connectivity index (χ2n) is 3.78. The van der Waals surface area contributed by atoms with Gasteiger partial charge in [-0.1, -0.05) is 12.1 Å². The van der Waals surface area contributed by atoms with Crippen molar-refractivity contribution >= 4 is 51.2 Å². The fraction of sp³-hybridized carbons (Fsp3) is 0.133. The average Bonchev–Trinajstić information content (AvgIpc) is 2.49. The quantitative estimate of drug-likeness (QED) is 0.508. The molecule has 0 aliphatic carbocycles. The van der Waals surface area contributed by atoms with Crippen LogP contribution in [0.4, 0.5) is 0 Å². The highest BCUT2D eigenvalue weighted by molar-refractivity contribution is 14.1. The van der Waals surface area contributed by atoms with Gasteiger partial charge in [0, 0.05) is 7.14 Å². The van der Waals surface area contributed by atoms with E-state index in [-0.39, 0.29) is 12.6 Å². The van der Waals surface area contributed by atoms with Crippen LogP contribution in [-0.4, -0.2) is 18.2 Å². The predicted molar refractivity (Wildman–Crippen MR) is 95.6 cm³/mol. The lowest BCUT2D eigenvalue weighted by atomic mass is 10.2. The molecule has 0 saturated heterocycles. The zero-order valence-corrected chi connectivity index (χ0v) is 15.2. The number of ether oxygens (including phenoxy) is 1. The van der Waals surface area contributed by atoms with Gasteiger partial charge in [-0.25, -0.2) is 4.79 Å². The van der Waals surface area contributed by atoms with E-state index in [1.54, 1.807) is 12.1 Å². The van der Waals surface area contributed by atoms with Gasteiger partial charge in [0.1, 0.15) is 0 Å². The third kappa shape index (κ3) is 6.19. The van der Waals surface area contributed by atoms with E-state index < -0.39 is 0 Å². The second kappa shape index (κ2) is 9.30. The summed E-state index contributed by atoms with van der Waals surface area (Å²) in [4.78, 5) is 10.9. The van der Waals surface area contributed by atoms with E-state index in [4.69, 9.17) is 5.11 Å². The molecule has 20 heavy (non-hydrogen) atoms. The van der Waals surface area contributed by atoms with Crippen molar-refractivity contribution in [3.05, 3.63) is 66.8 Å². The second-order valence-corrected chi connectivity index (χ2v) is 6.27. The van der Waals surface area contributed by atoms with Gasteiger partial charge in [-0.15, -0.1) is 0 Å². The lowest BCUT2D eigenvalue weighted by Crippen LogP contribution is -2.00. The van der Waals surface area contributed by atoms with Gasteiger partial charge in [-0.3, -0.25) is 0 Å². The molecular formula is C15H14I2O3. The summed E-state index contributed by atoms with van der Waals surface area (Å²) >= 11 is 4.41. The Kier molecular flexibility index (Phi) is 8.08. The van der Waals surface area contributed by atoms with Crippen LogP contribution in [0.1, 0.15) is 15.9 Å². The summed E-state index contributed by atoms with van der Waals surface area (Å²) in [6, 6.07) is 15.0. The first kappa shape index (κ1) is 17.4. The minimum Gasteiger partial charge on any atom is -0.465 e. The SMILES string of the molecule is COC(=O)c1ccc(I)cc1.OCc1ccc(I)cc1. The van der Waals surface area contributed by atoms with Crippen LogP contribution in [0.3, 0.4) is 0 Å². The van der Waals surface area contributed by atoms with Crippen molar-refractivity contribution < 1.29 is 14.6 Å². The summed E-state index contributed by atoms with van der Waals surface area (Å²) in [6.07, 6.45) is 0. The molecule has 3 nitrogen and oxygen atoms in total. The molecule has 0 aromatic heterocycles. The van der Waals surface area contributed by atoms with E-state index in [2.05, 4.69) is 49.9 Å². The normalized spacial score (nSPS) is 9.40. The molecule has 0 heterocycles. The van der Waals surface area contributed by atoms with Gasteiger partial charge in [0.25, 0.3) is 0 Å². The fourth-order valence-corrected chi connectivity index (χ4v) is 2.01. The number of rotatable bonds is 2. The molecule has 2 rings (SSSR count). The Labute approximate surface area is 145 Å². The highest BCUT2D eigenvalue weighted by Crippen LogP contribution is 2.07. The summed E-state index contributed by atoms with van der Waals surface area (Å²) < 4.78 is 6.84. The van der Waals surface area contributed by atoms with Crippen LogP contribution in [0.2, 0.25) is 0 Å². The molecule has 0 spiro atoms. The number of carbonyl (C=O) groups is 1. The van der Waals surface area contributed by atoms with Gasteiger partial charge in [0.2, 0.25) is 0 Å². The number of aliphatic hydroxyl groups is 1. The molecule has 0 unspecified atom stereocenters. The zero-order chi connectivity index (χ0) is 15.0. The maximum atomic E-state index is 10.9. The number of aliphatic hydroxyl groups excluding tert-OH is 1. The number of hydrogen-bond acceptors (Lipinski definition) is 3. The molecule has 0 bridgehead atoms. The first-order valence-electron chi connectivity index (χ1n) is 5.76. The molecule has 0 fully saturated rings. The Hall–Kier alpha value is -0.670. The highest BCUT2D eigenvalue weighted by Gasteiger charge is 2.02. The van der Waals surface area contributed by atoms with E-state index in [1.807, 2.05) is 36.4 Å². The third-order valence-corrected chi connectivity index (χ3v) is 3.80. The fourth-order valence-electron chi connectivity index (χ4n) is 1.29. The van der Waals surface area contributed by atoms with Gasteiger partial charge in [-0.2, -0.15) is 0 Å². The molecule has 2 aromatic rings. The zero-order valence-electron chi connectivity index (χ0n) is 10.8. The number of esters is 1. The molecule has 0 aliphatic rings.